The van der Waals surface area contributed by atoms with Gasteiger partial charge in [-0.25, -0.2) is 4.79 Å². The second-order valence-electron chi connectivity index (χ2n) is 10.7. The first-order chi connectivity index (χ1) is 18.3. The van der Waals surface area contributed by atoms with Gasteiger partial charge in [0.25, 0.3) is 0 Å². The van der Waals surface area contributed by atoms with Crippen LogP contribution in [0.2, 0.25) is 25.7 Å². The highest BCUT2D eigenvalue weighted by molar-refractivity contribution is 6.76. The molecule has 1 amide bonds. The topological polar surface area (TPSA) is 111 Å². The third kappa shape index (κ3) is 9.57. The fourth-order valence-electron chi connectivity index (χ4n) is 3.87. The average molecular weight is 540 g/mol. The molecule has 0 saturated carbocycles. The van der Waals surface area contributed by atoms with Gasteiger partial charge in [-0.3, -0.25) is 14.9 Å². The van der Waals surface area contributed by atoms with Gasteiger partial charge < -0.3 is 14.6 Å². The largest absolute Gasteiger partial charge is 0.507 e. The highest BCUT2D eigenvalue weighted by Gasteiger charge is 2.15. The lowest BCUT2D eigenvalue weighted by atomic mass is 10.0. The van der Waals surface area contributed by atoms with E-state index in [0.29, 0.717) is 42.6 Å². The number of hydrogen-bond acceptors (Lipinski definition) is 7. The number of pyridine rings is 1. The van der Waals surface area contributed by atoms with E-state index in [0.717, 1.165) is 30.9 Å². The Labute approximate surface area is 226 Å². The summed E-state index contributed by atoms with van der Waals surface area (Å²) < 4.78 is 13.0. The number of nitrogens with one attached hydrogen (secondary N) is 1. The number of aromatic hydroxyl groups is 1. The number of phenolic OH excluding ortho intramolecular Hbond substituents is 1. The first kappa shape index (κ1) is 29.3. The van der Waals surface area contributed by atoms with Gasteiger partial charge in [0.15, 0.2) is 5.82 Å². The molecule has 3 aromatic rings. The molecule has 1 aromatic carbocycles. The minimum atomic E-state index is -1.17. The van der Waals surface area contributed by atoms with Crippen molar-refractivity contribution in [1.82, 2.24) is 19.7 Å². The minimum absolute atomic E-state index is 0.0751. The molecule has 0 atom stereocenters. The summed E-state index contributed by atoms with van der Waals surface area (Å²) in [6.45, 7) is 10.6. The predicted molar refractivity (Wildman–Crippen MR) is 153 cm³/mol. The number of carbonyl (C=O) groups is 1. The number of benzene rings is 1. The molecule has 0 saturated heterocycles. The molecule has 2 heterocycles. The average Bonchev–Trinajstić information content (AvgIpc) is 3.35. The van der Waals surface area contributed by atoms with Crippen LogP contribution in [0.3, 0.4) is 0 Å². The monoisotopic (exact) mass is 539 g/mol. The van der Waals surface area contributed by atoms with Gasteiger partial charge in [-0.2, -0.15) is 0 Å². The molecule has 0 radical (unpaired) electrons. The van der Waals surface area contributed by atoms with E-state index in [1.54, 1.807) is 36.9 Å². The Kier molecular flexibility index (Phi) is 11.3. The molecule has 0 aliphatic heterocycles. The Morgan fingerprint density at radius 1 is 1.03 bits per heavy atom. The number of ether oxygens (including phenoxy) is 2. The maximum atomic E-state index is 12.3. The van der Waals surface area contributed by atoms with Crippen molar-refractivity contribution < 1.29 is 19.4 Å². The van der Waals surface area contributed by atoms with Crippen LogP contribution in [0.5, 0.6) is 5.75 Å². The van der Waals surface area contributed by atoms with Gasteiger partial charge in [-0.1, -0.05) is 58.7 Å². The summed E-state index contributed by atoms with van der Waals surface area (Å²) >= 11 is 0. The number of amides is 1. The first-order valence-corrected chi connectivity index (χ1v) is 17.2. The number of rotatable bonds is 15. The molecule has 206 valence electrons. The van der Waals surface area contributed by atoms with Crippen LogP contribution in [0.1, 0.15) is 45.4 Å². The Hall–Kier alpha value is -3.24. The van der Waals surface area contributed by atoms with Gasteiger partial charge in [0.1, 0.15) is 18.8 Å². The van der Waals surface area contributed by atoms with Crippen LogP contribution < -0.4 is 5.32 Å². The Morgan fingerprint density at radius 2 is 1.79 bits per heavy atom. The standard InChI is InChI=1S/C28H41N5O4Si/c1-5-6-7-8-9-10-13-37-28(35)31-24-11-12-26(34)25(17-24)22-16-23(19-29-18-22)27-32-30-20-33(27)21-36-14-15-38(2,3)4/h11-12,16-20,34H,5-10,13-15,21H2,1-4H3,(H,31,35). The van der Waals surface area contributed by atoms with Crippen molar-refractivity contribution in [3.8, 4) is 28.3 Å². The molecule has 2 aromatic heterocycles. The number of carbonyl (C=O) groups excluding carboxylic acids is 1. The van der Waals surface area contributed by atoms with Crippen molar-refractivity contribution in [2.45, 2.75) is 77.9 Å². The van der Waals surface area contributed by atoms with E-state index < -0.39 is 14.2 Å². The second-order valence-corrected chi connectivity index (χ2v) is 16.3. The first-order valence-electron chi connectivity index (χ1n) is 13.4. The van der Waals surface area contributed by atoms with Gasteiger partial charge in [-0.05, 0) is 36.7 Å². The van der Waals surface area contributed by atoms with Gasteiger partial charge in [-0.15, -0.1) is 10.2 Å². The molecule has 38 heavy (non-hydrogen) atoms. The maximum absolute atomic E-state index is 12.3. The van der Waals surface area contributed by atoms with E-state index >= 15 is 0 Å². The predicted octanol–water partition coefficient (Wildman–Crippen LogP) is 6.93. The van der Waals surface area contributed by atoms with E-state index in [2.05, 4.69) is 47.1 Å². The molecular formula is C28H41N5O4Si. The van der Waals surface area contributed by atoms with Crippen molar-refractivity contribution in [2.75, 3.05) is 18.5 Å². The number of nitrogens with zero attached hydrogens (tertiary/aromatic N) is 4. The summed E-state index contributed by atoms with van der Waals surface area (Å²) in [5.41, 5.74) is 2.48. The van der Waals surface area contributed by atoms with Crippen molar-refractivity contribution in [2.24, 2.45) is 0 Å². The van der Waals surface area contributed by atoms with Gasteiger partial charge >= 0.3 is 6.09 Å². The Bertz CT molecular complexity index is 1160. The van der Waals surface area contributed by atoms with Crippen LogP contribution in [-0.2, 0) is 16.2 Å². The number of unbranched alkanes of at least 4 members (excludes halogenated alkanes) is 5. The van der Waals surface area contributed by atoms with Crippen molar-refractivity contribution >= 4 is 19.9 Å². The van der Waals surface area contributed by atoms with Crippen LogP contribution in [0, 0.1) is 0 Å². The fraction of sp³-hybridized carbons (Fsp3) is 0.500. The lowest BCUT2D eigenvalue weighted by molar-refractivity contribution is 0.0880. The summed E-state index contributed by atoms with van der Waals surface area (Å²) in [7, 11) is -1.17. The normalized spacial score (nSPS) is 11.5. The van der Waals surface area contributed by atoms with Gasteiger partial charge in [0.2, 0.25) is 0 Å². The molecule has 0 aliphatic carbocycles. The van der Waals surface area contributed by atoms with E-state index in [4.69, 9.17) is 9.47 Å². The summed E-state index contributed by atoms with van der Waals surface area (Å²) in [5.74, 6) is 0.700. The van der Waals surface area contributed by atoms with Crippen LogP contribution >= 0.6 is 0 Å². The molecule has 0 spiro atoms. The fourth-order valence-corrected chi connectivity index (χ4v) is 4.63. The number of phenols is 1. The Morgan fingerprint density at radius 3 is 2.58 bits per heavy atom. The van der Waals surface area contributed by atoms with Gasteiger partial charge in [0.05, 0.1) is 6.61 Å². The zero-order chi connectivity index (χ0) is 27.4. The number of aromatic nitrogens is 4. The van der Waals surface area contributed by atoms with Gasteiger partial charge in [0, 0.05) is 49.5 Å². The van der Waals surface area contributed by atoms with Crippen LogP contribution in [-0.4, -0.2) is 52.2 Å². The third-order valence-corrected chi connectivity index (χ3v) is 7.83. The summed E-state index contributed by atoms with van der Waals surface area (Å²) in [6, 6.07) is 7.84. The van der Waals surface area contributed by atoms with Crippen molar-refractivity contribution in [3.05, 3.63) is 43.0 Å². The maximum Gasteiger partial charge on any atom is 0.411 e. The molecule has 10 heteroatoms. The minimum Gasteiger partial charge on any atom is -0.507 e. The zero-order valence-corrected chi connectivity index (χ0v) is 24.1. The molecule has 0 aliphatic rings. The van der Waals surface area contributed by atoms with Crippen LogP contribution in [0.25, 0.3) is 22.5 Å². The third-order valence-electron chi connectivity index (χ3n) is 6.12. The number of hydrogen-bond donors (Lipinski definition) is 2. The molecule has 0 bridgehead atoms. The molecular weight excluding hydrogens is 498 g/mol. The quantitative estimate of drug-likeness (QED) is 0.122. The zero-order valence-electron chi connectivity index (χ0n) is 23.1. The van der Waals surface area contributed by atoms with E-state index in [9.17, 15) is 9.90 Å². The van der Waals surface area contributed by atoms with Crippen molar-refractivity contribution in [1.29, 1.82) is 0 Å². The van der Waals surface area contributed by atoms with Crippen LogP contribution in [0.4, 0.5) is 10.5 Å². The van der Waals surface area contributed by atoms with E-state index in [1.807, 2.05) is 10.6 Å². The molecule has 9 nitrogen and oxygen atoms in total. The lowest BCUT2D eigenvalue weighted by Gasteiger charge is -2.16. The molecule has 0 fully saturated rings. The van der Waals surface area contributed by atoms with Crippen LogP contribution in [0.15, 0.2) is 43.0 Å². The molecule has 2 N–H and O–H groups in total. The smallest absolute Gasteiger partial charge is 0.411 e. The number of anilines is 1. The van der Waals surface area contributed by atoms with E-state index in [1.165, 1.54) is 19.3 Å². The Balaban J connectivity index is 1.62. The van der Waals surface area contributed by atoms with E-state index in [-0.39, 0.29) is 5.75 Å². The highest BCUT2D eigenvalue weighted by atomic mass is 28.3. The lowest BCUT2D eigenvalue weighted by Crippen LogP contribution is -2.22. The summed E-state index contributed by atoms with van der Waals surface area (Å²) in [5, 5.41) is 21.6. The highest BCUT2D eigenvalue weighted by Crippen LogP contribution is 2.33. The summed E-state index contributed by atoms with van der Waals surface area (Å²) in [4.78, 5) is 16.6. The van der Waals surface area contributed by atoms with Crippen molar-refractivity contribution in [3.63, 3.8) is 0 Å². The SMILES string of the molecule is CCCCCCCCOC(=O)Nc1ccc(O)c(-c2cncc(-c3nncn3COCC[Si](C)(C)C)c2)c1. The second kappa shape index (κ2) is 14.6. The molecule has 3 rings (SSSR count). The summed E-state index contributed by atoms with van der Waals surface area (Å²) in [6.07, 6.45) is 11.2. The molecule has 0 unspecified atom stereocenters.